The van der Waals surface area contributed by atoms with Crippen LogP contribution in [0.5, 0.6) is 0 Å². The van der Waals surface area contributed by atoms with Crippen molar-refractivity contribution in [3.05, 3.63) is 69.5 Å². The van der Waals surface area contributed by atoms with Gasteiger partial charge in [0.2, 0.25) is 0 Å². The average molecular weight is 452 g/mol. The number of para-hydroxylation sites is 1. The molecule has 168 valence electrons. The molecule has 0 N–H and O–H groups in total. The number of hydrogen-bond donors (Lipinski definition) is 0. The lowest BCUT2D eigenvalue weighted by atomic mass is 10.0. The molecule has 0 unspecified atom stereocenters. The molecule has 0 aliphatic carbocycles. The maximum atomic E-state index is 13.2. The number of carbonyl (C=O) groups excluding carboxylic acids is 1. The summed E-state index contributed by atoms with van der Waals surface area (Å²) in [6, 6.07) is 13.3. The summed E-state index contributed by atoms with van der Waals surface area (Å²) in [7, 11) is 0. The molecule has 1 aromatic heterocycles. The molecule has 0 bridgehead atoms. The second-order valence-corrected chi connectivity index (χ2v) is 9.15. The molecule has 1 saturated heterocycles. The Morgan fingerprint density at radius 3 is 2.69 bits per heavy atom. The number of aryl methyl sites for hydroxylation is 2. The minimum atomic E-state index is -0.0423. The van der Waals surface area contributed by atoms with Crippen LogP contribution in [0.25, 0.3) is 10.9 Å². The lowest BCUT2D eigenvalue weighted by molar-refractivity contribution is 0.0368. The minimum Gasteiger partial charge on any atom is -0.379 e. The number of fused-ring (bicyclic) bond motifs is 1. The van der Waals surface area contributed by atoms with Gasteiger partial charge in [0, 0.05) is 31.7 Å². The van der Waals surface area contributed by atoms with Crippen molar-refractivity contribution in [3.8, 4) is 0 Å². The largest absolute Gasteiger partial charge is 0.379 e. The van der Waals surface area contributed by atoms with E-state index in [-0.39, 0.29) is 17.1 Å². The molecule has 0 saturated carbocycles. The maximum absolute atomic E-state index is 13.2. The SMILES string of the molecule is Cc1ccc(C)c(C(=O)CSc2nc3ccccc3c(=O)n2CCCN2CCOCC2)c1. The van der Waals surface area contributed by atoms with E-state index < -0.39 is 0 Å². The van der Waals surface area contributed by atoms with Crippen molar-refractivity contribution in [2.45, 2.75) is 32.0 Å². The summed E-state index contributed by atoms with van der Waals surface area (Å²) in [6.07, 6.45) is 0.846. The van der Waals surface area contributed by atoms with E-state index in [0.717, 1.165) is 56.0 Å². The highest BCUT2D eigenvalue weighted by molar-refractivity contribution is 7.99. The Hall–Kier alpha value is -2.48. The van der Waals surface area contributed by atoms with Crippen LogP contribution in [-0.4, -0.2) is 58.8 Å². The summed E-state index contributed by atoms with van der Waals surface area (Å²) in [6.45, 7) is 8.81. The standard InChI is InChI=1S/C25H29N3O3S/c1-18-8-9-19(2)21(16-18)23(29)17-32-25-26-22-7-4-3-6-20(22)24(30)28(25)11-5-10-27-12-14-31-15-13-27/h3-4,6-9,16H,5,10-15,17H2,1-2H3. The summed E-state index contributed by atoms with van der Waals surface area (Å²) in [4.78, 5) is 33.3. The third-order valence-electron chi connectivity index (χ3n) is 5.81. The number of benzene rings is 2. The first-order valence-corrected chi connectivity index (χ1v) is 12.0. The lowest BCUT2D eigenvalue weighted by Gasteiger charge is -2.26. The second-order valence-electron chi connectivity index (χ2n) is 8.21. The Labute approximate surface area is 192 Å². The number of ether oxygens (including phenoxy) is 1. The first-order valence-electron chi connectivity index (χ1n) is 11.1. The van der Waals surface area contributed by atoms with Gasteiger partial charge in [-0.2, -0.15) is 0 Å². The van der Waals surface area contributed by atoms with Gasteiger partial charge in [0.05, 0.1) is 29.9 Å². The van der Waals surface area contributed by atoms with Crippen molar-refractivity contribution >= 4 is 28.4 Å². The predicted molar refractivity (Wildman–Crippen MR) is 129 cm³/mol. The number of rotatable bonds is 8. The van der Waals surface area contributed by atoms with E-state index in [2.05, 4.69) is 4.90 Å². The van der Waals surface area contributed by atoms with E-state index >= 15 is 0 Å². The van der Waals surface area contributed by atoms with Crippen molar-refractivity contribution < 1.29 is 9.53 Å². The Bertz CT molecular complexity index is 1170. The highest BCUT2D eigenvalue weighted by Gasteiger charge is 2.16. The van der Waals surface area contributed by atoms with Crippen molar-refractivity contribution in [3.63, 3.8) is 0 Å². The minimum absolute atomic E-state index is 0.0423. The zero-order valence-electron chi connectivity index (χ0n) is 18.7. The molecule has 1 aliphatic rings. The number of hydrogen-bond acceptors (Lipinski definition) is 6. The van der Waals surface area contributed by atoms with Gasteiger partial charge in [-0.1, -0.05) is 41.6 Å². The molecule has 6 nitrogen and oxygen atoms in total. The van der Waals surface area contributed by atoms with Crippen LogP contribution in [0.15, 0.2) is 52.4 Å². The molecular formula is C25H29N3O3S. The monoisotopic (exact) mass is 451 g/mol. The molecule has 32 heavy (non-hydrogen) atoms. The fraction of sp³-hybridized carbons (Fsp3) is 0.400. The summed E-state index contributed by atoms with van der Waals surface area (Å²) in [5, 5.41) is 1.22. The van der Waals surface area contributed by atoms with Gasteiger partial charge in [-0.3, -0.25) is 19.1 Å². The zero-order chi connectivity index (χ0) is 22.5. The normalized spacial score (nSPS) is 14.7. The zero-order valence-corrected chi connectivity index (χ0v) is 19.5. The number of aromatic nitrogens is 2. The fourth-order valence-electron chi connectivity index (χ4n) is 3.98. The molecule has 0 atom stereocenters. The molecule has 1 aliphatic heterocycles. The van der Waals surface area contributed by atoms with Crippen LogP contribution >= 0.6 is 11.8 Å². The molecule has 4 rings (SSSR count). The highest BCUT2D eigenvalue weighted by atomic mass is 32.2. The quantitative estimate of drug-likeness (QED) is 0.296. The van der Waals surface area contributed by atoms with Gasteiger partial charge in [0.1, 0.15) is 0 Å². The van der Waals surface area contributed by atoms with Crippen LogP contribution in [-0.2, 0) is 11.3 Å². The van der Waals surface area contributed by atoms with Gasteiger partial charge in [-0.15, -0.1) is 0 Å². The molecule has 0 amide bonds. The highest BCUT2D eigenvalue weighted by Crippen LogP contribution is 2.21. The van der Waals surface area contributed by atoms with Gasteiger partial charge in [0.15, 0.2) is 10.9 Å². The summed E-state index contributed by atoms with van der Waals surface area (Å²) in [5.41, 5.74) is 3.39. The summed E-state index contributed by atoms with van der Waals surface area (Å²) >= 11 is 1.35. The van der Waals surface area contributed by atoms with Crippen LogP contribution in [0.1, 0.15) is 27.9 Å². The van der Waals surface area contributed by atoms with E-state index in [1.54, 1.807) is 4.57 Å². The number of morpholine rings is 1. The van der Waals surface area contributed by atoms with Gasteiger partial charge in [0.25, 0.3) is 5.56 Å². The topological polar surface area (TPSA) is 64.4 Å². The molecule has 3 aromatic rings. The summed E-state index contributed by atoms with van der Waals surface area (Å²) < 4.78 is 7.16. The molecule has 0 radical (unpaired) electrons. The first-order chi connectivity index (χ1) is 15.5. The molecular weight excluding hydrogens is 422 g/mol. The Morgan fingerprint density at radius 2 is 1.88 bits per heavy atom. The summed E-state index contributed by atoms with van der Waals surface area (Å²) in [5.74, 6) is 0.303. The Kier molecular flexibility index (Phi) is 7.40. The molecule has 2 aromatic carbocycles. The molecule has 1 fully saturated rings. The van der Waals surface area contributed by atoms with Crippen LogP contribution < -0.4 is 5.56 Å². The number of thioether (sulfide) groups is 1. The van der Waals surface area contributed by atoms with Crippen molar-refractivity contribution in [2.24, 2.45) is 0 Å². The fourth-order valence-corrected chi connectivity index (χ4v) is 4.88. The molecule has 0 spiro atoms. The van der Waals surface area contributed by atoms with Crippen LogP contribution in [0.3, 0.4) is 0 Å². The third-order valence-corrected chi connectivity index (χ3v) is 6.79. The van der Waals surface area contributed by atoms with Crippen LogP contribution in [0.2, 0.25) is 0 Å². The van der Waals surface area contributed by atoms with E-state index in [0.29, 0.717) is 22.6 Å². The Balaban J connectivity index is 1.54. The molecule has 7 heteroatoms. The van der Waals surface area contributed by atoms with E-state index in [1.165, 1.54) is 11.8 Å². The van der Waals surface area contributed by atoms with Crippen molar-refractivity contribution in [1.29, 1.82) is 0 Å². The molecule has 2 heterocycles. The van der Waals surface area contributed by atoms with E-state index in [9.17, 15) is 9.59 Å². The average Bonchev–Trinajstić information content (AvgIpc) is 2.81. The second kappa shape index (κ2) is 10.4. The van der Waals surface area contributed by atoms with E-state index in [4.69, 9.17) is 9.72 Å². The maximum Gasteiger partial charge on any atom is 0.262 e. The number of ketones is 1. The van der Waals surface area contributed by atoms with Gasteiger partial charge < -0.3 is 4.74 Å². The van der Waals surface area contributed by atoms with Crippen LogP contribution in [0.4, 0.5) is 0 Å². The van der Waals surface area contributed by atoms with Gasteiger partial charge >= 0.3 is 0 Å². The smallest absolute Gasteiger partial charge is 0.262 e. The van der Waals surface area contributed by atoms with Crippen LogP contribution in [0, 0.1) is 13.8 Å². The van der Waals surface area contributed by atoms with E-state index in [1.807, 2.05) is 56.3 Å². The Morgan fingerprint density at radius 1 is 1.09 bits per heavy atom. The first kappa shape index (κ1) is 22.7. The third kappa shape index (κ3) is 5.28. The number of nitrogens with zero attached hydrogens (tertiary/aromatic N) is 3. The lowest BCUT2D eigenvalue weighted by Crippen LogP contribution is -2.37. The number of Topliss-reactive ketones (excluding diaryl/α,β-unsaturated/α-hetero) is 1. The van der Waals surface area contributed by atoms with Crippen molar-refractivity contribution in [2.75, 3.05) is 38.6 Å². The predicted octanol–water partition coefficient (Wildman–Crippen LogP) is 3.71. The van der Waals surface area contributed by atoms with Crippen molar-refractivity contribution in [1.82, 2.24) is 14.5 Å². The van der Waals surface area contributed by atoms with Gasteiger partial charge in [-0.25, -0.2) is 4.98 Å². The number of carbonyl (C=O) groups is 1. The van der Waals surface area contributed by atoms with Gasteiger partial charge in [-0.05, 0) is 44.0 Å².